The Bertz CT molecular complexity index is 471. The molecule has 2 rings (SSSR count). The number of hydrogen-bond acceptors (Lipinski definition) is 5. The van der Waals surface area contributed by atoms with Crippen molar-refractivity contribution in [1.29, 1.82) is 0 Å². The van der Waals surface area contributed by atoms with Gasteiger partial charge in [0.25, 0.3) is 5.91 Å². The highest BCUT2D eigenvalue weighted by atomic mass is 32.1. The zero-order chi connectivity index (χ0) is 13.8. The quantitative estimate of drug-likeness (QED) is 0.785. The van der Waals surface area contributed by atoms with Gasteiger partial charge in [-0.1, -0.05) is 6.92 Å². The van der Waals surface area contributed by atoms with Crippen LogP contribution in [-0.4, -0.2) is 49.7 Å². The number of esters is 1. The smallest absolute Gasteiger partial charge is 0.331 e. The average Bonchev–Trinajstić information content (AvgIpc) is 2.94. The number of methoxy groups -OCH3 is 1. The molecular formula is C13H17NO4S. The van der Waals surface area contributed by atoms with Crippen molar-refractivity contribution in [3.8, 4) is 0 Å². The summed E-state index contributed by atoms with van der Waals surface area (Å²) in [6.07, 6.45) is 0.803. The first-order valence-corrected chi connectivity index (χ1v) is 7.10. The van der Waals surface area contributed by atoms with Crippen molar-refractivity contribution in [3.05, 3.63) is 21.9 Å². The van der Waals surface area contributed by atoms with Gasteiger partial charge in [0.05, 0.1) is 25.2 Å². The van der Waals surface area contributed by atoms with Crippen LogP contribution >= 0.6 is 11.3 Å². The Balaban J connectivity index is 2.22. The molecule has 104 valence electrons. The van der Waals surface area contributed by atoms with Crippen molar-refractivity contribution >= 4 is 23.2 Å². The number of hydrogen-bond donors (Lipinski definition) is 0. The van der Waals surface area contributed by atoms with Crippen LogP contribution in [0.15, 0.2) is 11.4 Å². The lowest BCUT2D eigenvalue weighted by atomic mass is 10.1. The molecule has 1 fully saturated rings. The number of carbonyl (C=O) groups is 2. The highest BCUT2D eigenvalue weighted by molar-refractivity contribution is 7.12. The van der Waals surface area contributed by atoms with E-state index in [0.29, 0.717) is 18.0 Å². The van der Waals surface area contributed by atoms with Gasteiger partial charge in [-0.3, -0.25) is 4.79 Å². The summed E-state index contributed by atoms with van der Waals surface area (Å²) in [6.45, 7) is 3.08. The fourth-order valence-corrected chi connectivity index (χ4v) is 3.06. The van der Waals surface area contributed by atoms with Crippen LogP contribution in [0, 0.1) is 0 Å². The molecule has 1 aromatic heterocycles. The molecule has 5 nitrogen and oxygen atoms in total. The van der Waals surface area contributed by atoms with Gasteiger partial charge in [-0.15, -0.1) is 11.3 Å². The van der Waals surface area contributed by atoms with E-state index in [1.165, 1.54) is 18.4 Å². The first-order valence-electron chi connectivity index (χ1n) is 6.22. The van der Waals surface area contributed by atoms with E-state index in [1.54, 1.807) is 4.90 Å². The van der Waals surface area contributed by atoms with Crippen LogP contribution in [0.5, 0.6) is 0 Å². The van der Waals surface area contributed by atoms with E-state index >= 15 is 0 Å². The minimum Gasteiger partial charge on any atom is -0.467 e. The molecule has 1 aromatic rings. The Hall–Kier alpha value is -1.40. The van der Waals surface area contributed by atoms with Gasteiger partial charge in [-0.2, -0.15) is 0 Å². The number of rotatable bonds is 3. The summed E-state index contributed by atoms with van der Waals surface area (Å²) >= 11 is 1.41. The first kappa shape index (κ1) is 14.0. The van der Waals surface area contributed by atoms with E-state index in [9.17, 15) is 9.59 Å². The molecule has 19 heavy (non-hydrogen) atoms. The molecule has 1 unspecified atom stereocenters. The minimum absolute atomic E-state index is 0.106. The van der Waals surface area contributed by atoms with Gasteiger partial charge < -0.3 is 14.4 Å². The molecule has 0 N–H and O–H groups in total. The van der Waals surface area contributed by atoms with Crippen molar-refractivity contribution in [1.82, 2.24) is 4.90 Å². The standard InChI is InChI=1S/C13H17NO4S/c1-3-9-4-7-19-11(9)12(15)14-5-6-18-8-10(14)13(16)17-2/h4,7,10H,3,5-6,8H2,1-2H3. The molecular weight excluding hydrogens is 266 g/mol. The third-order valence-electron chi connectivity index (χ3n) is 3.18. The number of nitrogens with zero attached hydrogens (tertiary/aromatic N) is 1. The zero-order valence-corrected chi connectivity index (χ0v) is 11.9. The molecule has 1 saturated heterocycles. The second-order valence-electron chi connectivity index (χ2n) is 4.24. The molecule has 1 atom stereocenters. The molecule has 0 aliphatic carbocycles. The highest BCUT2D eigenvalue weighted by Crippen LogP contribution is 2.22. The van der Waals surface area contributed by atoms with Crippen molar-refractivity contribution < 1.29 is 19.1 Å². The number of ether oxygens (including phenoxy) is 2. The monoisotopic (exact) mass is 283 g/mol. The average molecular weight is 283 g/mol. The molecule has 1 amide bonds. The number of thiophene rings is 1. The van der Waals surface area contributed by atoms with E-state index < -0.39 is 12.0 Å². The largest absolute Gasteiger partial charge is 0.467 e. The summed E-state index contributed by atoms with van der Waals surface area (Å²) in [6, 6.07) is 1.31. The normalized spacial score (nSPS) is 19.3. The van der Waals surface area contributed by atoms with Gasteiger partial charge in [0.2, 0.25) is 0 Å². The maximum atomic E-state index is 12.5. The Kier molecular flexibility index (Phi) is 4.55. The summed E-state index contributed by atoms with van der Waals surface area (Å²) in [5, 5.41) is 1.90. The highest BCUT2D eigenvalue weighted by Gasteiger charge is 2.35. The predicted molar refractivity (Wildman–Crippen MR) is 71.4 cm³/mol. The van der Waals surface area contributed by atoms with Crippen LogP contribution in [0.3, 0.4) is 0 Å². The SMILES string of the molecule is CCc1ccsc1C(=O)N1CCOCC1C(=O)OC. The number of aryl methyl sites for hydroxylation is 1. The van der Waals surface area contributed by atoms with Crippen LogP contribution in [0.2, 0.25) is 0 Å². The van der Waals surface area contributed by atoms with E-state index in [4.69, 9.17) is 9.47 Å². The van der Waals surface area contributed by atoms with Crippen LogP contribution in [0.25, 0.3) is 0 Å². The Morgan fingerprint density at radius 2 is 2.37 bits per heavy atom. The second-order valence-corrected chi connectivity index (χ2v) is 5.16. The summed E-state index contributed by atoms with van der Waals surface area (Å²) in [4.78, 5) is 26.5. The van der Waals surface area contributed by atoms with Gasteiger partial charge in [0.1, 0.15) is 0 Å². The fourth-order valence-electron chi connectivity index (χ4n) is 2.11. The fraction of sp³-hybridized carbons (Fsp3) is 0.538. The Morgan fingerprint density at radius 3 is 3.05 bits per heavy atom. The molecule has 1 aliphatic heterocycles. The lowest BCUT2D eigenvalue weighted by Crippen LogP contribution is -2.53. The van der Waals surface area contributed by atoms with E-state index in [2.05, 4.69) is 0 Å². The Morgan fingerprint density at radius 1 is 1.58 bits per heavy atom. The zero-order valence-electron chi connectivity index (χ0n) is 11.0. The maximum Gasteiger partial charge on any atom is 0.331 e. The van der Waals surface area contributed by atoms with Gasteiger partial charge in [-0.25, -0.2) is 4.79 Å². The van der Waals surface area contributed by atoms with Crippen LogP contribution in [-0.2, 0) is 20.7 Å². The molecule has 0 saturated carbocycles. The van der Waals surface area contributed by atoms with Crippen molar-refractivity contribution in [2.75, 3.05) is 26.9 Å². The molecule has 0 bridgehead atoms. The summed E-state index contributed by atoms with van der Waals surface area (Å²) in [7, 11) is 1.32. The van der Waals surface area contributed by atoms with Crippen molar-refractivity contribution in [2.45, 2.75) is 19.4 Å². The van der Waals surface area contributed by atoms with Gasteiger partial charge >= 0.3 is 5.97 Å². The molecule has 1 aliphatic rings. The predicted octanol–water partition coefficient (Wildman–Crippen LogP) is 1.32. The number of morpholine rings is 1. The Labute approximate surface area is 116 Å². The molecule has 6 heteroatoms. The van der Waals surface area contributed by atoms with Gasteiger partial charge in [0.15, 0.2) is 6.04 Å². The summed E-state index contributed by atoms with van der Waals surface area (Å²) in [5.74, 6) is -0.534. The maximum absolute atomic E-state index is 12.5. The van der Waals surface area contributed by atoms with Crippen molar-refractivity contribution in [2.24, 2.45) is 0 Å². The van der Waals surface area contributed by atoms with E-state index in [-0.39, 0.29) is 12.5 Å². The number of amides is 1. The lowest BCUT2D eigenvalue weighted by molar-refractivity contribution is -0.151. The minimum atomic E-state index is -0.641. The molecule has 2 heterocycles. The molecule has 0 radical (unpaired) electrons. The van der Waals surface area contributed by atoms with E-state index in [0.717, 1.165) is 12.0 Å². The third-order valence-corrected chi connectivity index (χ3v) is 4.13. The van der Waals surface area contributed by atoms with E-state index in [1.807, 2.05) is 18.4 Å². The number of carbonyl (C=O) groups excluding carboxylic acids is 2. The summed E-state index contributed by atoms with van der Waals surface area (Å²) in [5.41, 5.74) is 1.02. The van der Waals surface area contributed by atoms with Crippen molar-refractivity contribution in [3.63, 3.8) is 0 Å². The van der Waals surface area contributed by atoms with Crippen LogP contribution in [0.1, 0.15) is 22.2 Å². The van der Waals surface area contributed by atoms with Crippen LogP contribution < -0.4 is 0 Å². The van der Waals surface area contributed by atoms with Gasteiger partial charge in [0, 0.05) is 6.54 Å². The lowest BCUT2D eigenvalue weighted by Gasteiger charge is -2.33. The first-order chi connectivity index (χ1) is 9.19. The molecule has 0 spiro atoms. The van der Waals surface area contributed by atoms with Crippen LogP contribution in [0.4, 0.5) is 0 Å². The second kappa shape index (κ2) is 6.16. The summed E-state index contributed by atoms with van der Waals surface area (Å²) < 4.78 is 10.0. The van der Waals surface area contributed by atoms with Gasteiger partial charge in [-0.05, 0) is 23.4 Å². The third kappa shape index (κ3) is 2.79. The topological polar surface area (TPSA) is 55.8 Å². The molecule has 0 aromatic carbocycles.